The van der Waals surface area contributed by atoms with Crippen LogP contribution >= 0.6 is 27.5 Å². The van der Waals surface area contributed by atoms with Gasteiger partial charge in [-0.15, -0.1) is 0 Å². The van der Waals surface area contributed by atoms with Gasteiger partial charge in [0, 0.05) is 6.92 Å². The summed E-state index contributed by atoms with van der Waals surface area (Å²) in [5.74, 6) is -0.456. The lowest BCUT2D eigenvalue weighted by Crippen LogP contribution is -2.09. The number of hydrogen-bond donors (Lipinski definition) is 1. The van der Waals surface area contributed by atoms with E-state index in [4.69, 9.17) is 16.3 Å². The number of nitro groups is 1. The van der Waals surface area contributed by atoms with Crippen molar-refractivity contribution in [3.05, 3.63) is 25.7 Å². The number of methoxy groups -OCH3 is 1. The molecular formula is C9H8BrClN2O4. The van der Waals surface area contributed by atoms with Crippen molar-refractivity contribution in [2.24, 2.45) is 0 Å². The molecule has 92 valence electrons. The molecule has 1 aromatic rings. The molecule has 0 aliphatic rings. The minimum atomic E-state index is -0.666. The van der Waals surface area contributed by atoms with E-state index in [1.54, 1.807) is 0 Å². The smallest absolute Gasteiger partial charge is 0.336 e. The average molecular weight is 324 g/mol. The third-order valence-electron chi connectivity index (χ3n) is 1.85. The molecule has 6 nitrogen and oxygen atoms in total. The summed E-state index contributed by atoms with van der Waals surface area (Å²) >= 11 is 8.95. The van der Waals surface area contributed by atoms with Gasteiger partial charge in [-0.1, -0.05) is 11.6 Å². The van der Waals surface area contributed by atoms with Gasteiger partial charge in [-0.3, -0.25) is 14.9 Å². The second-order valence-corrected chi connectivity index (χ2v) is 4.30. The van der Waals surface area contributed by atoms with E-state index in [1.165, 1.54) is 20.1 Å². The van der Waals surface area contributed by atoms with Crippen molar-refractivity contribution in [2.45, 2.75) is 6.92 Å². The molecule has 0 radical (unpaired) electrons. The second-order valence-electron chi connectivity index (χ2n) is 3.04. The molecule has 0 unspecified atom stereocenters. The lowest BCUT2D eigenvalue weighted by molar-refractivity contribution is -0.384. The number of hydrogen-bond acceptors (Lipinski definition) is 4. The predicted octanol–water partition coefficient (Wildman–Crippen LogP) is 2.98. The van der Waals surface area contributed by atoms with Gasteiger partial charge in [0.25, 0.3) is 0 Å². The first-order chi connectivity index (χ1) is 7.88. The Morgan fingerprint density at radius 3 is 2.65 bits per heavy atom. The van der Waals surface area contributed by atoms with Crippen LogP contribution in [0.5, 0.6) is 5.75 Å². The third kappa shape index (κ3) is 2.86. The number of nitrogens with zero attached hydrogens (tertiary/aromatic N) is 1. The number of nitro benzene ring substituents is 1. The first-order valence-corrected chi connectivity index (χ1v) is 5.53. The fourth-order valence-corrected chi connectivity index (χ4v) is 2.21. The molecule has 1 rings (SSSR count). The van der Waals surface area contributed by atoms with Gasteiger partial charge in [-0.25, -0.2) is 0 Å². The molecule has 1 amide bonds. The lowest BCUT2D eigenvalue weighted by Gasteiger charge is -2.10. The van der Waals surface area contributed by atoms with Crippen molar-refractivity contribution < 1.29 is 14.5 Å². The van der Waals surface area contributed by atoms with Gasteiger partial charge in [-0.2, -0.15) is 0 Å². The zero-order valence-corrected chi connectivity index (χ0v) is 11.3. The van der Waals surface area contributed by atoms with E-state index in [-0.39, 0.29) is 22.1 Å². The highest BCUT2D eigenvalue weighted by molar-refractivity contribution is 9.10. The fourth-order valence-electron chi connectivity index (χ4n) is 1.25. The molecule has 0 bridgehead atoms. The van der Waals surface area contributed by atoms with Crippen LogP contribution in [0.25, 0.3) is 0 Å². The molecule has 1 aromatic carbocycles. The van der Waals surface area contributed by atoms with Crippen molar-refractivity contribution in [3.8, 4) is 5.75 Å². The standard InChI is InChI=1S/C9H8BrClN2O4/c1-4(14)12-7-6(11)3-5(10)9(17-2)8(7)13(15)16/h3H,1-2H3,(H,12,14). The summed E-state index contributed by atoms with van der Waals surface area (Å²) in [6, 6.07) is 1.42. The number of nitrogens with one attached hydrogen (secondary N) is 1. The van der Waals surface area contributed by atoms with E-state index in [0.717, 1.165) is 0 Å². The molecular weight excluding hydrogens is 315 g/mol. The lowest BCUT2D eigenvalue weighted by atomic mass is 10.2. The number of benzene rings is 1. The first-order valence-electron chi connectivity index (χ1n) is 4.36. The quantitative estimate of drug-likeness (QED) is 0.685. The monoisotopic (exact) mass is 322 g/mol. The highest BCUT2D eigenvalue weighted by atomic mass is 79.9. The Bertz CT molecular complexity index is 492. The molecule has 0 heterocycles. The van der Waals surface area contributed by atoms with Crippen LogP contribution in [0.1, 0.15) is 6.92 Å². The highest BCUT2D eigenvalue weighted by Gasteiger charge is 2.27. The Kier molecular flexibility index (Phi) is 4.30. The Hall–Kier alpha value is -1.34. The van der Waals surface area contributed by atoms with Crippen LogP contribution in [0.15, 0.2) is 10.5 Å². The van der Waals surface area contributed by atoms with E-state index < -0.39 is 10.8 Å². The summed E-state index contributed by atoms with van der Waals surface area (Å²) in [4.78, 5) is 21.3. The van der Waals surface area contributed by atoms with E-state index in [1.807, 2.05) is 0 Å². The van der Waals surface area contributed by atoms with E-state index in [0.29, 0.717) is 4.47 Å². The summed E-state index contributed by atoms with van der Waals surface area (Å²) in [6.07, 6.45) is 0. The average Bonchev–Trinajstić information content (AvgIpc) is 2.20. The summed E-state index contributed by atoms with van der Waals surface area (Å²) in [5, 5.41) is 13.3. The van der Waals surface area contributed by atoms with Gasteiger partial charge in [-0.05, 0) is 22.0 Å². The number of anilines is 1. The maximum Gasteiger partial charge on any atom is 0.336 e. The number of rotatable bonds is 3. The maximum absolute atomic E-state index is 11.0. The Labute approximate surface area is 110 Å². The summed E-state index contributed by atoms with van der Waals surface area (Å²) < 4.78 is 5.25. The molecule has 0 aliphatic heterocycles. The molecule has 17 heavy (non-hydrogen) atoms. The fraction of sp³-hybridized carbons (Fsp3) is 0.222. The van der Waals surface area contributed by atoms with Gasteiger partial charge in [0.15, 0.2) is 0 Å². The Morgan fingerprint density at radius 1 is 1.65 bits per heavy atom. The Balaban J connectivity index is 3.55. The van der Waals surface area contributed by atoms with Crippen LogP contribution < -0.4 is 10.1 Å². The summed E-state index contributed by atoms with van der Waals surface area (Å²) in [5.41, 5.74) is -0.466. The van der Waals surface area contributed by atoms with Gasteiger partial charge in [0.1, 0.15) is 5.69 Å². The number of ether oxygens (including phenoxy) is 1. The van der Waals surface area contributed by atoms with Crippen molar-refractivity contribution in [3.63, 3.8) is 0 Å². The molecule has 0 fully saturated rings. The zero-order chi connectivity index (χ0) is 13.2. The molecule has 0 aromatic heterocycles. The van der Waals surface area contributed by atoms with E-state index in [9.17, 15) is 14.9 Å². The van der Waals surface area contributed by atoms with Crippen molar-refractivity contribution in [1.82, 2.24) is 0 Å². The second kappa shape index (κ2) is 5.33. The van der Waals surface area contributed by atoms with Gasteiger partial charge in [0.2, 0.25) is 11.7 Å². The van der Waals surface area contributed by atoms with Crippen LogP contribution in [0.2, 0.25) is 5.02 Å². The van der Waals surface area contributed by atoms with Crippen LogP contribution in [-0.2, 0) is 4.79 Å². The normalized spacial score (nSPS) is 9.88. The predicted molar refractivity (Wildman–Crippen MR) is 66.7 cm³/mol. The number of halogens is 2. The molecule has 0 saturated carbocycles. The zero-order valence-electron chi connectivity index (χ0n) is 8.91. The topological polar surface area (TPSA) is 81.5 Å². The number of carbonyl (C=O) groups excluding carboxylic acids is 1. The third-order valence-corrected chi connectivity index (χ3v) is 2.74. The van der Waals surface area contributed by atoms with E-state index >= 15 is 0 Å². The van der Waals surface area contributed by atoms with Crippen LogP contribution in [-0.4, -0.2) is 17.9 Å². The van der Waals surface area contributed by atoms with E-state index in [2.05, 4.69) is 21.2 Å². The SMILES string of the molecule is COc1c(Br)cc(Cl)c(NC(C)=O)c1[N+](=O)[O-]. The maximum atomic E-state index is 11.0. The first kappa shape index (κ1) is 13.7. The molecule has 0 saturated heterocycles. The molecule has 8 heteroatoms. The number of amides is 1. The summed E-state index contributed by atoms with van der Waals surface area (Å²) in [7, 11) is 1.29. The summed E-state index contributed by atoms with van der Waals surface area (Å²) in [6.45, 7) is 1.23. The Morgan fingerprint density at radius 2 is 2.24 bits per heavy atom. The number of carbonyl (C=O) groups is 1. The molecule has 1 N–H and O–H groups in total. The van der Waals surface area contributed by atoms with Crippen molar-refractivity contribution >= 4 is 44.8 Å². The van der Waals surface area contributed by atoms with Crippen LogP contribution in [0.4, 0.5) is 11.4 Å². The minimum absolute atomic E-state index is 0.00292. The van der Waals surface area contributed by atoms with Crippen molar-refractivity contribution in [2.75, 3.05) is 12.4 Å². The van der Waals surface area contributed by atoms with Gasteiger partial charge in [0.05, 0.1) is 21.5 Å². The molecule has 0 atom stereocenters. The minimum Gasteiger partial charge on any atom is -0.489 e. The highest BCUT2D eigenvalue weighted by Crippen LogP contribution is 2.45. The van der Waals surface area contributed by atoms with Crippen LogP contribution in [0.3, 0.4) is 0 Å². The van der Waals surface area contributed by atoms with Gasteiger partial charge >= 0.3 is 5.69 Å². The van der Waals surface area contributed by atoms with Gasteiger partial charge < -0.3 is 10.1 Å². The van der Waals surface area contributed by atoms with Crippen molar-refractivity contribution in [1.29, 1.82) is 0 Å². The molecule has 0 aliphatic carbocycles. The molecule has 0 spiro atoms. The largest absolute Gasteiger partial charge is 0.489 e. The van der Waals surface area contributed by atoms with Crippen LogP contribution in [0, 0.1) is 10.1 Å².